The molecule has 0 N–H and O–H groups in total. The maximum Gasteiger partial charge on any atom is 0.287 e. The first-order valence-corrected chi connectivity index (χ1v) is 5.33. The van der Waals surface area contributed by atoms with Crippen LogP contribution in [0, 0.1) is 13.8 Å². The lowest BCUT2D eigenvalue weighted by Crippen LogP contribution is -1.83. The molecule has 3 heteroatoms. The standard InChI is InChI=1S/C13H11ClO2/c1-8-3-4-10(7-9(8)2)11-5-6-12(16-11)13(14)15/h3-7H,1-2H3. The molecular weight excluding hydrogens is 224 g/mol. The van der Waals surface area contributed by atoms with Crippen LogP contribution in [0.5, 0.6) is 0 Å². The third kappa shape index (κ3) is 2.02. The Morgan fingerprint density at radius 3 is 2.44 bits per heavy atom. The molecule has 0 aliphatic heterocycles. The third-order valence-corrected chi connectivity index (χ3v) is 2.78. The molecule has 0 fully saturated rings. The summed E-state index contributed by atoms with van der Waals surface area (Å²) in [5.41, 5.74) is 3.36. The molecule has 0 spiro atoms. The van der Waals surface area contributed by atoms with Gasteiger partial charge in [0.25, 0.3) is 5.24 Å². The molecule has 0 amide bonds. The Balaban J connectivity index is 2.42. The topological polar surface area (TPSA) is 30.2 Å². The Hall–Kier alpha value is -1.54. The van der Waals surface area contributed by atoms with E-state index < -0.39 is 5.24 Å². The summed E-state index contributed by atoms with van der Waals surface area (Å²) in [4.78, 5) is 10.9. The van der Waals surface area contributed by atoms with Crippen molar-refractivity contribution in [2.24, 2.45) is 0 Å². The molecule has 2 aromatic rings. The van der Waals surface area contributed by atoms with Gasteiger partial charge in [-0.25, -0.2) is 0 Å². The monoisotopic (exact) mass is 234 g/mol. The molecule has 0 saturated heterocycles. The molecule has 16 heavy (non-hydrogen) atoms. The second-order valence-corrected chi connectivity index (χ2v) is 4.08. The molecule has 82 valence electrons. The highest BCUT2D eigenvalue weighted by Crippen LogP contribution is 2.24. The zero-order chi connectivity index (χ0) is 11.7. The molecule has 1 aromatic carbocycles. The molecule has 2 rings (SSSR count). The van der Waals surface area contributed by atoms with Crippen molar-refractivity contribution in [3.8, 4) is 11.3 Å². The molecule has 2 nitrogen and oxygen atoms in total. The van der Waals surface area contributed by atoms with Gasteiger partial charge in [-0.1, -0.05) is 12.1 Å². The number of hydrogen-bond acceptors (Lipinski definition) is 2. The first-order valence-electron chi connectivity index (χ1n) is 4.95. The Kier molecular flexibility index (Phi) is 2.84. The van der Waals surface area contributed by atoms with Crippen LogP contribution in [-0.4, -0.2) is 5.24 Å². The fraction of sp³-hybridized carbons (Fsp3) is 0.154. The Morgan fingerprint density at radius 1 is 1.12 bits per heavy atom. The summed E-state index contributed by atoms with van der Waals surface area (Å²) in [7, 11) is 0. The molecular formula is C13H11ClO2. The Labute approximate surface area is 98.8 Å². The average molecular weight is 235 g/mol. The van der Waals surface area contributed by atoms with Crippen LogP contribution in [0.25, 0.3) is 11.3 Å². The van der Waals surface area contributed by atoms with Crippen LogP contribution in [-0.2, 0) is 0 Å². The predicted octanol–water partition coefficient (Wildman–Crippen LogP) is 3.94. The quantitative estimate of drug-likeness (QED) is 0.737. The molecule has 1 aromatic heterocycles. The zero-order valence-electron chi connectivity index (χ0n) is 9.08. The minimum absolute atomic E-state index is 0.176. The van der Waals surface area contributed by atoms with Crippen molar-refractivity contribution in [3.63, 3.8) is 0 Å². The average Bonchev–Trinajstić information content (AvgIpc) is 2.71. The molecule has 0 radical (unpaired) electrons. The molecule has 0 unspecified atom stereocenters. The molecule has 1 heterocycles. The van der Waals surface area contributed by atoms with E-state index in [0.717, 1.165) is 5.56 Å². The van der Waals surface area contributed by atoms with Crippen molar-refractivity contribution < 1.29 is 9.21 Å². The molecule has 0 bridgehead atoms. The van der Waals surface area contributed by atoms with Crippen LogP contribution in [0.3, 0.4) is 0 Å². The van der Waals surface area contributed by atoms with Crippen molar-refractivity contribution in [3.05, 3.63) is 47.2 Å². The van der Waals surface area contributed by atoms with Crippen molar-refractivity contribution in [1.82, 2.24) is 0 Å². The van der Waals surface area contributed by atoms with Gasteiger partial charge in [0.1, 0.15) is 5.76 Å². The number of halogens is 1. The number of hydrogen-bond donors (Lipinski definition) is 0. The van der Waals surface area contributed by atoms with E-state index in [1.807, 2.05) is 25.1 Å². The van der Waals surface area contributed by atoms with Crippen LogP contribution in [0.2, 0.25) is 0 Å². The fourth-order valence-corrected chi connectivity index (χ4v) is 1.59. The lowest BCUT2D eigenvalue weighted by Gasteiger charge is -2.02. The maximum atomic E-state index is 10.9. The van der Waals surface area contributed by atoms with E-state index >= 15 is 0 Å². The van der Waals surface area contributed by atoms with E-state index in [9.17, 15) is 4.79 Å². The number of carbonyl (C=O) groups is 1. The molecule has 0 aliphatic rings. The van der Waals surface area contributed by atoms with E-state index in [1.165, 1.54) is 11.1 Å². The van der Waals surface area contributed by atoms with Crippen molar-refractivity contribution in [1.29, 1.82) is 0 Å². The van der Waals surface area contributed by atoms with Gasteiger partial charge in [-0.15, -0.1) is 0 Å². The number of benzene rings is 1. The smallest absolute Gasteiger partial charge is 0.287 e. The van der Waals surface area contributed by atoms with Gasteiger partial charge in [0.05, 0.1) is 0 Å². The van der Waals surface area contributed by atoms with Gasteiger partial charge >= 0.3 is 0 Å². The minimum atomic E-state index is -0.574. The van der Waals surface area contributed by atoms with E-state index in [1.54, 1.807) is 12.1 Å². The molecule has 0 atom stereocenters. The summed E-state index contributed by atoms with van der Waals surface area (Å²) in [6.45, 7) is 4.09. The van der Waals surface area contributed by atoms with Gasteiger partial charge < -0.3 is 4.42 Å². The maximum absolute atomic E-state index is 10.9. The van der Waals surface area contributed by atoms with Crippen molar-refractivity contribution in [2.75, 3.05) is 0 Å². The second kappa shape index (κ2) is 4.14. The van der Waals surface area contributed by atoms with Gasteiger partial charge in [0.15, 0.2) is 5.76 Å². The normalized spacial score (nSPS) is 10.4. The zero-order valence-corrected chi connectivity index (χ0v) is 9.84. The van der Waals surface area contributed by atoms with Gasteiger partial charge in [0, 0.05) is 5.56 Å². The minimum Gasteiger partial charge on any atom is -0.452 e. The van der Waals surface area contributed by atoms with Gasteiger partial charge in [-0.3, -0.25) is 4.79 Å². The highest BCUT2D eigenvalue weighted by atomic mass is 35.5. The van der Waals surface area contributed by atoms with Crippen LogP contribution < -0.4 is 0 Å². The van der Waals surface area contributed by atoms with E-state index in [-0.39, 0.29) is 5.76 Å². The number of aryl methyl sites for hydroxylation is 2. The molecule has 0 saturated carbocycles. The van der Waals surface area contributed by atoms with Gasteiger partial charge in [-0.2, -0.15) is 0 Å². The van der Waals surface area contributed by atoms with Crippen LogP contribution in [0.15, 0.2) is 34.7 Å². The van der Waals surface area contributed by atoms with E-state index in [0.29, 0.717) is 5.76 Å². The van der Waals surface area contributed by atoms with Crippen LogP contribution in [0.1, 0.15) is 21.7 Å². The van der Waals surface area contributed by atoms with Gasteiger partial charge in [0.2, 0.25) is 0 Å². The highest BCUT2D eigenvalue weighted by Gasteiger charge is 2.09. The SMILES string of the molecule is Cc1ccc(-c2ccc(C(=O)Cl)o2)cc1C. The lowest BCUT2D eigenvalue weighted by molar-refractivity contribution is 0.105. The van der Waals surface area contributed by atoms with Crippen LogP contribution in [0.4, 0.5) is 0 Å². The number of rotatable bonds is 2. The largest absolute Gasteiger partial charge is 0.452 e. The second-order valence-electron chi connectivity index (χ2n) is 3.74. The lowest BCUT2D eigenvalue weighted by atomic mass is 10.1. The summed E-state index contributed by atoms with van der Waals surface area (Å²) in [6.07, 6.45) is 0. The summed E-state index contributed by atoms with van der Waals surface area (Å²) in [6, 6.07) is 9.34. The first kappa shape index (κ1) is 11.0. The fourth-order valence-electron chi connectivity index (χ4n) is 1.49. The first-order chi connectivity index (χ1) is 7.58. The Morgan fingerprint density at radius 2 is 1.88 bits per heavy atom. The third-order valence-electron chi connectivity index (χ3n) is 2.59. The van der Waals surface area contributed by atoms with Crippen LogP contribution >= 0.6 is 11.6 Å². The molecule has 0 aliphatic carbocycles. The highest BCUT2D eigenvalue weighted by molar-refractivity contribution is 6.67. The number of carbonyl (C=O) groups excluding carboxylic acids is 1. The summed E-state index contributed by atoms with van der Waals surface area (Å²) in [5, 5.41) is -0.574. The predicted molar refractivity (Wildman–Crippen MR) is 63.8 cm³/mol. The van der Waals surface area contributed by atoms with Crippen molar-refractivity contribution in [2.45, 2.75) is 13.8 Å². The van der Waals surface area contributed by atoms with Gasteiger partial charge in [-0.05, 0) is 54.8 Å². The van der Waals surface area contributed by atoms with Crippen molar-refractivity contribution >= 4 is 16.8 Å². The van der Waals surface area contributed by atoms with E-state index in [2.05, 4.69) is 6.92 Å². The summed E-state index contributed by atoms with van der Waals surface area (Å²) in [5.74, 6) is 0.835. The van der Waals surface area contributed by atoms with E-state index in [4.69, 9.17) is 16.0 Å². The summed E-state index contributed by atoms with van der Waals surface area (Å²) < 4.78 is 5.34. The number of furan rings is 1. The Bertz CT molecular complexity index is 541. The summed E-state index contributed by atoms with van der Waals surface area (Å²) >= 11 is 5.33.